The fourth-order valence-corrected chi connectivity index (χ4v) is 4.77. The van der Waals surface area contributed by atoms with E-state index in [0.717, 1.165) is 12.3 Å². The van der Waals surface area contributed by atoms with E-state index in [0.29, 0.717) is 16.4 Å². The zero-order valence-corrected chi connectivity index (χ0v) is 19.7. The minimum Gasteiger partial charge on any atom is -0.478 e. The van der Waals surface area contributed by atoms with Crippen molar-refractivity contribution in [3.8, 4) is 0 Å². The number of nitrogens with one attached hydrogen (secondary N) is 1. The van der Waals surface area contributed by atoms with Gasteiger partial charge in [-0.2, -0.15) is 18.3 Å². The number of hydrogen-bond acceptors (Lipinski definition) is 5. The lowest BCUT2D eigenvalue weighted by atomic mass is 10.1. The summed E-state index contributed by atoms with van der Waals surface area (Å²) in [5, 5.41) is 12.5. The first-order valence-corrected chi connectivity index (χ1v) is 11.8. The Bertz CT molecular complexity index is 1410. The van der Waals surface area contributed by atoms with Gasteiger partial charge < -0.3 is 5.11 Å². The van der Waals surface area contributed by atoms with Crippen molar-refractivity contribution in [2.45, 2.75) is 11.1 Å². The number of aromatic carboxylic acids is 1. The van der Waals surface area contributed by atoms with E-state index in [1.54, 1.807) is 6.07 Å². The second-order valence-electron chi connectivity index (χ2n) is 7.17. The summed E-state index contributed by atoms with van der Waals surface area (Å²) in [6.45, 7) is -0.976. The van der Waals surface area contributed by atoms with E-state index < -0.39 is 45.9 Å². The smallest absolute Gasteiger partial charge is 0.416 e. The maximum Gasteiger partial charge on any atom is 0.416 e. The summed E-state index contributed by atoms with van der Waals surface area (Å²) in [5.74, 6) is -2.25. The van der Waals surface area contributed by atoms with Crippen molar-refractivity contribution in [1.29, 1.82) is 0 Å². The lowest BCUT2D eigenvalue weighted by molar-refractivity contribution is -0.137. The number of hydrazone groups is 1. The highest BCUT2D eigenvalue weighted by molar-refractivity contribution is 7.92. The predicted molar refractivity (Wildman–Crippen MR) is 127 cm³/mol. The Kier molecular flexibility index (Phi) is 8.00. The van der Waals surface area contributed by atoms with E-state index in [1.807, 2.05) is 0 Å². The van der Waals surface area contributed by atoms with Gasteiger partial charge in [-0.25, -0.2) is 18.6 Å². The average molecular weight is 540 g/mol. The van der Waals surface area contributed by atoms with Gasteiger partial charge in [0.2, 0.25) is 0 Å². The third kappa shape index (κ3) is 6.20. The number of anilines is 1. The summed E-state index contributed by atoms with van der Waals surface area (Å²) < 4.78 is 67.0. The number of halogens is 4. The summed E-state index contributed by atoms with van der Waals surface area (Å²) >= 11 is 6.06. The van der Waals surface area contributed by atoms with Crippen LogP contribution in [0, 0.1) is 0 Å². The van der Waals surface area contributed by atoms with Gasteiger partial charge >= 0.3 is 12.1 Å². The topological polar surface area (TPSA) is 116 Å². The second-order valence-corrected chi connectivity index (χ2v) is 9.44. The third-order valence-corrected chi connectivity index (χ3v) is 6.84. The van der Waals surface area contributed by atoms with Crippen LogP contribution in [-0.4, -0.2) is 38.2 Å². The molecule has 3 aromatic rings. The maximum atomic E-state index is 13.3. The molecule has 0 unspecified atom stereocenters. The summed E-state index contributed by atoms with van der Waals surface area (Å²) in [6, 6.07) is 14.6. The minimum absolute atomic E-state index is 0.0977. The van der Waals surface area contributed by atoms with Gasteiger partial charge in [-0.05, 0) is 36.4 Å². The van der Waals surface area contributed by atoms with Crippen LogP contribution in [0.2, 0.25) is 5.02 Å². The zero-order chi connectivity index (χ0) is 26.5. The van der Waals surface area contributed by atoms with E-state index in [-0.39, 0.29) is 21.0 Å². The van der Waals surface area contributed by atoms with E-state index in [4.69, 9.17) is 11.6 Å². The standard InChI is InChI=1S/C23H17ClF3N3O5S/c24-19-11-10-16(23(25,26)27)12-20(19)30(36(34,35)17-7-2-1-3-8-17)14-21(31)29-28-13-15-6-4-5-9-18(15)22(32)33/h1-13H,14H2,(H,29,31)(H,32,33)/b28-13+. The number of amides is 1. The molecule has 3 aromatic carbocycles. The van der Waals surface area contributed by atoms with Crippen LogP contribution in [0.4, 0.5) is 18.9 Å². The normalized spacial score (nSPS) is 11.9. The molecule has 0 saturated heterocycles. The molecule has 36 heavy (non-hydrogen) atoms. The molecule has 0 bridgehead atoms. The Balaban J connectivity index is 1.96. The first-order chi connectivity index (χ1) is 16.9. The number of rotatable bonds is 8. The molecule has 0 aliphatic rings. The van der Waals surface area contributed by atoms with Crippen molar-refractivity contribution in [1.82, 2.24) is 5.43 Å². The molecule has 188 valence electrons. The Hall–Kier alpha value is -3.90. The van der Waals surface area contributed by atoms with E-state index >= 15 is 0 Å². The van der Waals surface area contributed by atoms with Crippen LogP contribution in [0.15, 0.2) is 82.8 Å². The zero-order valence-electron chi connectivity index (χ0n) is 18.1. The summed E-state index contributed by atoms with van der Waals surface area (Å²) in [5.41, 5.74) is 0.375. The molecule has 0 fully saturated rings. The third-order valence-electron chi connectivity index (χ3n) is 4.74. The van der Waals surface area contributed by atoms with Gasteiger partial charge in [0, 0.05) is 5.56 Å². The fraction of sp³-hybridized carbons (Fsp3) is 0.0870. The lowest BCUT2D eigenvalue weighted by Gasteiger charge is -2.25. The van der Waals surface area contributed by atoms with Crippen LogP contribution < -0.4 is 9.73 Å². The van der Waals surface area contributed by atoms with Crippen LogP contribution in [0.5, 0.6) is 0 Å². The number of benzene rings is 3. The average Bonchev–Trinajstić information content (AvgIpc) is 2.83. The van der Waals surface area contributed by atoms with Crippen molar-refractivity contribution >= 4 is 45.4 Å². The number of carboxylic acid groups (broad SMARTS) is 1. The van der Waals surface area contributed by atoms with E-state index in [9.17, 15) is 36.3 Å². The largest absolute Gasteiger partial charge is 0.478 e. The van der Waals surface area contributed by atoms with E-state index in [2.05, 4.69) is 10.5 Å². The number of carbonyl (C=O) groups excluding carboxylic acids is 1. The van der Waals surface area contributed by atoms with Crippen LogP contribution >= 0.6 is 11.6 Å². The van der Waals surface area contributed by atoms with E-state index in [1.165, 1.54) is 48.5 Å². The molecule has 1 amide bonds. The molecule has 0 saturated carbocycles. The Morgan fingerprint density at radius 3 is 2.31 bits per heavy atom. The SMILES string of the molecule is O=C(CN(c1cc(C(F)(F)F)ccc1Cl)S(=O)(=O)c1ccccc1)N/N=C/c1ccccc1C(=O)O. The summed E-state index contributed by atoms with van der Waals surface area (Å²) in [6.07, 6.45) is -3.76. The van der Waals surface area contributed by atoms with Gasteiger partial charge in [0.1, 0.15) is 6.54 Å². The molecule has 0 spiro atoms. The van der Waals surface area contributed by atoms with Crippen LogP contribution in [0.1, 0.15) is 21.5 Å². The van der Waals surface area contributed by atoms with Gasteiger partial charge in [-0.1, -0.05) is 48.0 Å². The molecule has 2 N–H and O–H groups in total. The van der Waals surface area contributed by atoms with Crippen molar-refractivity contribution in [3.63, 3.8) is 0 Å². The number of carbonyl (C=O) groups is 2. The van der Waals surface area contributed by atoms with Crippen molar-refractivity contribution < 1.29 is 36.3 Å². The summed E-state index contributed by atoms with van der Waals surface area (Å²) in [4.78, 5) is 23.6. The molecule has 8 nitrogen and oxygen atoms in total. The highest BCUT2D eigenvalue weighted by Gasteiger charge is 2.34. The molecule has 0 radical (unpaired) electrons. The van der Waals surface area contributed by atoms with Gasteiger partial charge in [-0.15, -0.1) is 0 Å². The number of carboxylic acids is 1. The Labute approximate surface area is 208 Å². The Morgan fingerprint density at radius 2 is 1.67 bits per heavy atom. The molecule has 0 aliphatic heterocycles. The van der Waals surface area contributed by atoms with Crippen molar-refractivity contribution in [2.24, 2.45) is 5.10 Å². The van der Waals surface area contributed by atoms with Crippen molar-refractivity contribution in [2.75, 3.05) is 10.8 Å². The number of nitrogens with zero attached hydrogens (tertiary/aromatic N) is 2. The number of sulfonamides is 1. The molecule has 13 heteroatoms. The minimum atomic E-state index is -4.80. The van der Waals surface area contributed by atoms with Crippen molar-refractivity contribution in [3.05, 3.63) is 94.5 Å². The van der Waals surface area contributed by atoms with Gasteiger partial charge in [0.05, 0.1) is 32.9 Å². The molecule has 0 aliphatic carbocycles. The lowest BCUT2D eigenvalue weighted by Crippen LogP contribution is -2.40. The van der Waals surface area contributed by atoms with Gasteiger partial charge in [0.15, 0.2) is 0 Å². The maximum absolute atomic E-state index is 13.3. The highest BCUT2D eigenvalue weighted by atomic mass is 35.5. The predicted octanol–water partition coefficient (Wildman–Crippen LogP) is 4.40. The first-order valence-electron chi connectivity index (χ1n) is 10.00. The summed E-state index contributed by atoms with van der Waals surface area (Å²) in [7, 11) is -4.54. The molecule has 0 atom stereocenters. The molecule has 0 heterocycles. The second kappa shape index (κ2) is 10.8. The van der Waals surface area contributed by atoms with Crippen LogP contribution in [-0.2, 0) is 21.0 Å². The van der Waals surface area contributed by atoms with Gasteiger partial charge in [-0.3, -0.25) is 9.10 Å². The highest BCUT2D eigenvalue weighted by Crippen LogP contribution is 2.37. The molecule has 3 rings (SSSR count). The molecular formula is C23H17ClF3N3O5S. The monoisotopic (exact) mass is 539 g/mol. The van der Waals surface area contributed by atoms with Crippen LogP contribution in [0.3, 0.4) is 0 Å². The van der Waals surface area contributed by atoms with Gasteiger partial charge in [0.25, 0.3) is 15.9 Å². The fourth-order valence-electron chi connectivity index (χ4n) is 3.04. The molecule has 0 aromatic heterocycles. The molecular weight excluding hydrogens is 523 g/mol. The van der Waals surface area contributed by atoms with Crippen LogP contribution in [0.25, 0.3) is 0 Å². The number of hydrogen-bond donors (Lipinski definition) is 2. The first kappa shape index (κ1) is 26.7. The number of alkyl halides is 3. The quantitative estimate of drug-likeness (QED) is 0.325. The Morgan fingerprint density at radius 1 is 1.03 bits per heavy atom.